The van der Waals surface area contributed by atoms with Crippen LogP contribution in [0.1, 0.15) is 0 Å². The molecule has 0 amide bonds. The Morgan fingerprint density at radius 2 is 1.78 bits per heavy atom. The van der Waals surface area contributed by atoms with Crippen LogP contribution in [0.15, 0.2) is 29.2 Å². The van der Waals surface area contributed by atoms with Gasteiger partial charge in [0.15, 0.2) is 0 Å². The maximum Gasteiger partial charge on any atom is 0.0449 e. The summed E-state index contributed by atoms with van der Waals surface area (Å²) in [6, 6.07) is 7.47. The maximum atomic E-state index is 5.44. The highest BCUT2D eigenvalue weighted by Crippen LogP contribution is 2.13. The highest BCUT2D eigenvalue weighted by atomic mass is 32.1. The number of benzene rings is 1. The van der Waals surface area contributed by atoms with Crippen LogP contribution in [-0.4, -0.2) is 0 Å². The second kappa shape index (κ2) is 3.35. The Morgan fingerprint density at radius 1 is 1.22 bits per heavy atom. The molecule has 1 rings (SSSR count). The van der Waals surface area contributed by atoms with Crippen molar-refractivity contribution in [2.75, 3.05) is 5.73 Å². The molecule has 0 radical (unpaired) electrons. The smallest absolute Gasteiger partial charge is 0.0449 e. The predicted octanol–water partition coefficient (Wildman–Crippen LogP) is 1.71. The number of hydrogen-bond acceptors (Lipinski definition) is 2. The quantitative estimate of drug-likeness (QED) is 0.422. The second-order valence-electron chi connectivity index (χ2n) is 1.56. The second-order valence-corrected chi connectivity index (χ2v) is 2.04. The minimum absolute atomic E-state index is 0. The molecule has 0 aliphatic rings. The van der Waals surface area contributed by atoms with E-state index in [2.05, 4.69) is 12.6 Å². The highest BCUT2D eigenvalue weighted by Gasteiger charge is 1.85. The van der Waals surface area contributed by atoms with E-state index in [-0.39, 0.29) is 4.70 Å². The van der Waals surface area contributed by atoms with E-state index in [4.69, 9.17) is 5.73 Å². The number of anilines is 1. The SMILES string of the molecule is F.Nc1ccccc1S. The number of nitrogen functional groups attached to an aromatic ring is 1. The number of para-hydroxylation sites is 1. The standard InChI is InChI=1S/C6H7NS.FH/c7-5-3-1-2-4-6(5)8;/h1-4,8H,7H2;1H. The van der Waals surface area contributed by atoms with E-state index in [0.29, 0.717) is 0 Å². The molecule has 3 heteroatoms. The van der Waals surface area contributed by atoms with Gasteiger partial charge in [-0.15, -0.1) is 12.6 Å². The number of nitrogens with two attached hydrogens (primary N) is 1. The van der Waals surface area contributed by atoms with E-state index in [1.54, 1.807) is 0 Å². The average Bonchev–Trinajstić information content (AvgIpc) is 1.77. The van der Waals surface area contributed by atoms with Crippen LogP contribution in [0.4, 0.5) is 10.4 Å². The van der Waals surface area contributed by atoms with E-state index < -0.39 is 0 Å². The van der Waals surface area contributed by atoms with Gasteiger partial charge in [-0.3, -0.25) is 4.70 Å². The van der Waals surface area contributed by atoms with Gasteiger partial charge in [0.1, 0.15) is 0 Å². The lowest BCUT2D eigenvalue weighted by Crippen LogP contribution is -1.83. The van der Waals surface area contributed by atoms with Gasteiger partial charge in [-0.25, -0.2) is 0 Å². The van der Waals surface area contributed by atoms with Gasteiger partial charge in [-0.05, 0) is 12.1 Å². The van der Waals surface area contributed by atoms with Crippen molar-refractivity contribution < 1.29 is 4.70 Å². The molecule has 1 nitrogen and oxygen atoms in total. The van der Waals surface area contributed by atoms with Crippen molar-refractivity contribution in [3.63, 3.8) is 0 Å². The largest absolute Gasteiger partial charge is 0.398 e. The molecule has 0 bridgehead atoms. The highest BCUT2D eigenvalue weighted by molar-refractivity contribution is 7.80. The molecule has 1 aromatic rings. The maximum absolute atomic E-state index is 5.44. The Balaban J connectivity index is 0.000000640. The first-order valence-corrected chi connectivity index (χ1v) is 2.79. The zero-order valence-electron chi connectivity index (χ0n) is 4.74. The molecule has 0 aliphatic heterocycles. The van der Waals surface area contributed by atoms with Crippen LogP contribution in [0.5, 0.6) is 0 Å². The molecule has 0 atom stereocenters. The summed E-state index contributed by atoms with van der Waals surface area (Å²) in [5, 5.41) is 0. The molecule has 9 heavy (non-hydrogen) atoms. The molecular weight excluding hydrogens is 137 g/mol. The first-order valence-electron chi connectivity index (χ1n) is 2.34. The van der Waals surface area contributed by atoms with Gasteiger partial charge in [-0.1, -0.05) is 12.1 Å². The minimum Gasteiger partial charge on any atom is -0.398 e. The molecule has 0 fully saturated rings. The van der Waals surface area contributed by atoms with Crippen LogP contribution in [0.2, 0.25) is 0 Å². The normalized spacial score (nSPS) is 8.11. The molecule has 2 N–H and O–H groups in total. The van der Waals surface area contributed by atoms with Crippen molar-refractivity contribution in [2.45, 2.75) is 4.90 Å². The summed E-state index contributed by atoms with van der Waals surface area (Å²) >= 11 is 4.07. The van der Waals surface area contributed by atoms with Gasteiger partial charge in [-0.2, -0.15) is 0 Å². The van der Waals surface area contributed by atoms with Crippen molar-refractivity contribution in [1.82, 2.24) is 0 Å². The molecule has 0 saturated heterocycles. The third-order valence-electron chi connectivity index (χ3n) is 0.937. The number of hydrogen-bond donors (Lipinski definition) is 2. The lowest BCUT2D eigenvalue weighted by Gasteiger charge is -1.92. The monoisotopic (exact) mass is 145 g/mol. The number of rotatable bonds is 0. The predicted molar refractivity (Wildman–Crippen MR) is 40.6 cm³/mol. The van der Waals surface area contributed by atoms with Gasteiger partial charge >= 0.3 is 0 Å². The number of thiol groups is 1. The molecule has 1 aromatic carbocycles. The van der Waals surface area contributed by atoms with Crippen molar-refractivity contribution in [3.05, 3.63) is 24.3 Å². The summed E-state index contributed by atoms with van der Waals surface area (Å²) < 4.78 is 0. The minimum atomic E-state index is 0. The molecule has 0 saturated carbocycles. The van der Waals surface area contributed by atoms with Crippen LogP contribution in [0.25, 0.3) is 0 Å². The van der Waals surface area contributed by atoms with Gasteiger partial charge in [0, 0.05) is 10.6 Å². The summed E-state index contributed by atoms with van der Waals surface area (Å²) in [6.07, 6.45) is 0. The van der Waals surface area contributed by atoms with Crippen LogP contribution in [0, 0.1) is 0 Å². The third kappa shape index (κ3) is 1.93. The summed E-state index contributed by atoms with van der Waals surface area (Å²) in [4.78, 5) is 0.840. The first-order chi connectivity index (χ1) is 3.80. The molecule has 0 spiro atoms. The molecular formula is C6H8FNS. The molecule has 0 aliphatic carbocycles. The van der Waals surface area contributed by atoms with E-state index in [0.717, 1.165) is 10.6 Å². The summed E-state index contributed by atoms with van der Waals surface area (Å²) in [5.74, 6) is 0. The first kappa shape index (κ1) is 8.30. The Hall–Kier alpha value is -0.700. The van der Waals surface area contributed by atoms with Gasteiger partial charge in [0.2, 0.25) is 0 Å². The average molecular weight is 145 g/mol. The molecule has 0 heterocycles. The lowest BCUT2D eigenvalue weighted by atomic mass is 10.3. The zero-order chi connectivity index (χ0) is 5.98. The topological polar surface area (TPSA) is 26.0 Å². The molecule has 0 unspecified atom stereocenters. The van der Waals surface area contributed by atoms with Gasteiger partial charge in [0.05, 0.1) is 0 Å². The Kier molecular flexibility index (Phi) is 3.09. The van der Waals surface area contributed by atoms with E-state index >= 15 is 0 Å². The Bertz CT molecular complexity index is 169. The fourth-order valence-corrected chi connectivity index (χ4v) is 0.648. The zero-order valence-corrected chi connectivity index (χ0v) is 5.64. The van der Waals surface area contributed by atoms with Crippen LogP contribution in [0.3, 0.4) is 0 Å². The van der Waals surface area contributed by atoms with Crippen LogP contribution >= 0.6 is 12.6 Å². The summed E-state index contributed by atoms with van der Waals surface area (Å²) in [7, 11) is 0. The lowest BCUT2D eigenvalue weighted by molar-refractivity contribution is 1.11. The summed E-state index contributed by atoms with van der Waals surface area (Å²) in [6.45, 7) is 0. The van der Waals surface area contributed by atoms with Gasteiger partial charge < -0.3 is 5.73 Å². The molecule has 0 aromatic heterocycles. The van der Waals surface area contributed by atoms with Crippen molar-refractivity contribution >= 4 is 18.3 Å². The van der Waals surface area contributed by atoms with E-state index in [9.17, 15) is 0 Å². The third-order valence-corrected chi connectivity index (χ3v) is 1.34. The Labute approximate surface area is 58.7 Å². The van der Waals surface area contributed by atoms with Crippen molar-refractivity contribution in [3.8, 4) is 0 Å². The van der Waals surface area contributed by atoms with E-state index in [1.807, 2.05) is 24.3 Å². The fourth-order valence-electron chi connectivity index (χ4n) is 0.488. The van der Waals surface area contributed by atoms with Gasteiger partial charge in [0.25, 0.3) is 0 Å². The van der Waals surface area contributed by atoms with E-state index in [1.165, 1.54) is 0 Å². The number of halogens is 1. The van der Waals surface area contributed by atoms with Crippen LogP contribution in [-0.2, 0) is 0 Å². The van der Waals surface area contributed by atoms with Crippen LogP contribution < -0.4 is 5.73 Å². The molecule has 50 valence electrons. The van der Waals surface area contributed by atoms with Crippen molar-refractivity contribution in [1.29, 1.82) is 0 Å². The fraction of sp³-hybridized carbons (Fsp3) is 0. The van der Waals surface area contributed by atoms with Crippen molar-refractivity contribution in [2.24, 2.45) is 0 Å². The summed E-state index contributed by atoms with van der Waals surface area (Å²) in [5.41, 5.74) is 6.18. The Morgan fingerprint density at radius 3 is 2.11 bits per heavy atom.